The third-order valence-electron chi connectivity index (χ3n) is 4.90. The van der Waals surface area contributed by atoms with Crippen molar-refractivity contribution in [3.8, 4) is 11.3 Å². The van der Waals surface area contributed by atoms with Gasteiger partial charge in [-0.3, -0.25) is 0 Å². The smallest absolute Gasteiger partial charge is 0.227 e. The van der Waals surface area contributed by atoms with E-state index in [-0.39, 0.29) is 22.3 Å². The van der Waals surface area contributed by atoms with Crippen LogP contribution in [-0.2, 0) is 9.84 Å². The van der Waals surface area contributed by atoms with E-state index in [2.05, 4.69) is 20.3 Å². The number of fused-ring (bicyclic) bond motifs is 1. The van der Waals surface area contributed by atoms with Crippen LogP contribution in [0.4, 0.5) is 21.7 Å². The van der Waals surface area contributed by atoms with Gasteiger partial charge in [0.1, 0.15) is 4.90 Å². The first-order valence-corrected chi connectivity index (χ1v) is 10.9. The fourth-order valence-corrected chi connectivity index (χ4v) is 4.25. The quantitative estimate of drug-likeness (QED) is 0.413. The van der Waals surface area contributed by atoms with Crippen LogP contribution in [0, 0.1) is 12.7 Å². The maximum absolute atomic E-state index is 14.8. The zero-order valence-electron chi connectivity index (χ0n) is 16.4. The van der Waals surface area contributed by atoms with Crippen LogP contribution in [0.25, 0.3) is 22.2 Å². The van der Waals surface area contributed by atoms with Crippen molar-refractivity contribution in [1.82, 2.24) is 15.0 Å². The van der Waals surface area contributed by atoms with Crippen molar-refractivity contribution >= 4 is 38.1 Å². The monoisotopic (exact) mass is 425 g/mol. The van der Waals surface area contributed by atoms with Gasteiger partial charge in [0.2, 0.25) is 5.95 Å². The minimum absolute atomic E-state index is 0.0116. The number of para-hydroxylation sites is 1. The van der Waals surface area contributed by atoms with Gasteiger partial charge in [-0.15, -0.1) is 0 Å². The Balaban J connectivity index is 1.77. The molecule has 0 saturated carbocycles. The number of H-pyrrole nitrogens is 1. The van der Waals surface area contributed by atoms with E-state index < -0.39 is 15.7 Å². The molecule has 0 aliphatic heterocycles. The van der Waals surface area contributed by atoms with Crippen LogP contribution in [-0.4, -0.2) is 29.1 Å². The van der Waals surface area contributed by atoms with Gasteiger partial charge in [0.05, 0.1) is 28.3 Å². The molecular formula is C21H20FN5O2S. The predicted octanol–water partition coefficient (Wildman–Crippen LogP) is 4.19. The van der Waals surface area contributed by atoms with E-state index >= 15 is 0 Å². The number of anilines is 3. The Morgan fingerprint density at radius 2 is 1.97 bits per heavy atom. The molecule has 2 heterocycles. The van der Waals surface area contributed by atoms with Gasteiger partial charge in [-0.25, -0.2) is 22.8 Å². The number of rotatable bonds is 5. The third-order valence-corrected chi connectivity index (χ3v) is 6.64. The molecule has 0 radical (unpaired) electrons. The number of hydrogen-bond acceptors (Lipinski definition) is 6. The lowest BCUT2D eigenvalue weighted by molar-refractivity contribution is 0.569. The molecule has 0 aliphatic carbocycles. The molecule has 2 aromatic heterocycles. The molecule has 4 N–H and O–H groups in total. The third kappa shape index (κ3) is 3.37. The van der Waals surface area contributed by atoms with Gasteiger partial charge >= 0.3 is 0 Å². The summed E-state index contributed by atoms with van der Waals surface area (Å²) in [6.07, 6.45) is 3.44. The van der Waals surface area contributed by atoms with Crippen LogP contribution in [0.1, 0.15) is 12.5 Å². The van der Waals surface area contributed by atoms with Crippen molar-refractivity contribution in [3.63, 3.8) is 0 Å². The summed E-state index contributed by atoms with van der Waals surface area (Å²) >= 11 is 0. The van der Waals surface area contributed by atoms with Crippen LogP contribution in [0.15, 0.2) is 53.7 Å². The lowest BCUT2D eigenvalue weighted by Crippen LogP contribution is -2.08. The van der Waals surface area contributed by atoms with Gasteiger partial charge in [0.25, 0.3) is 0 Å². The Labute approximate surface area is 173 Å². The average molecular weight is 425 g/mol. The van der Waals surface area contributed by atoms with Crippen molar-refractivity contribution < 1.29 is 12.8 Å². The van der Waals surface area contributed by atoms with Gasteiger partial charge in [0, 0.05) is 23.3 Å². The molecule has 0 atom stereocenters. The predicted molar refractivity (Wildman–Crippen MR) is 116 cm³/mol. The molecule has 4 rings (SSSR count). The van der Waals surface area contributed by atoms with E-state index in [1.54, 1.807) is 6.20 Å². The summed E-state index contributed by atoms with van der Waals surface area (Å²) in [6, 6.07) is 9.77. The lowest BCUT2D eigenvalue weighted by Gasteiger charge is -2.11. The number of aromatic amines is 1. The fraction of sp³-hybridized carbons (Fsp3) is 0.143. The molecule has 0 amide bonds. The van der Waals surface area contributed by atoms with Crippen LogP contribution < -0.4 is 11.1 Å². The molecule has 0 saturated heterocycles. The standard InChI is InChI=1S/C21H20FN5O2S/c1-3-30(28,29)17-9-5-8-16(18(17)22)26-21-25-10-12(2)19(27-21)14-11-24-20-13(14)6-4-7-15(20)23/h4-11,24H,3,23H2,1-2H3,(H,25,26,27). The maximum atomic E-state index is 14.8. The van der Waals surface area contributed by atoms with E-state index in [1.165, 1.54) is 25.1 Å². The van der Waals surface area contributed by atoms with Gasteiger partial charge in [-0.05, 0) is 30.7 Å². The number of sulfone groups is 1. The molecule has 0 spiro atoms. The van der Waals surface area contributed by atoms with Crippen LogP contribution >= 0.6 is 0 Å². The maximum Gasteiger partial charge on any atom is 0.227 e. The summed E-state index contributed by atoms with van der Waals surface area (Å²) < 4.78 is 39.1. The van der Waals surface area contributed by atoms with Crippen molar-refractivity contribution in [2.45, 2.75) is 18.7 Å². The minimum Gasteiger partial charge on any atom is -0.397 e. The Morgan fingerprint density at radius 3 is 2.73 bits per heavy atom. The van der Waals surface area contributed by atoms with Crippen molar-refractivity contribution in [1.29, 1.82) is 0 Å². The summed E-state index contributed by atoms with van der Waals surface area (Å²) in [7, 11) is -3.69. The number of aromatic nitrogens is 3. The highest BCUT2D eigenvalue weighted by Crippen LogP contribution is 2.33. The highest BCUT2D eigenvalue weighted by Gasteiger charge is 2.20. The lowest BCUT2D eigenvalue weighted by atomic mass is 10.1. The zero-order valence-corrected chi connectivity index (χ0v) is 17.2. The van der Waals surface area contributed by atoms with Crippen molar-refractivity contribution in [3.05, 3.63) is 60.2 Å². The Kier molecular flexibility index (Phi) is 4.90. The minimum atomic E-state index is -3.69. The molecule has 0 bridgehead atoms. The summed E-state index contributed by atoms with van der Waals surface area (Å²) in [4.78, 5) is 11.6. The highest BCUT2D eigenvalue weighted by molar-refractivity contribution is 7.91. The second-order valence-corrected chi connectivity index (χ2v) is 9.09. The van der Waals surface area contributed by atoms with Crippen LogP contribution in [0.5, 0.6) is 0 Å². The van der Waals surface area contributed by atoms with Crippen molar-refractivity contribution in [2.24, 2.45) is 0 Å². The number of nitrogen functional groups attached to an aromatic ring is 1. The molecule has 4 aromatic rings. The number of nitrogens with one attached hydrogen (secondary N) is 2. The normalized spacial score (nSPS) is 11.7. The first kappa shape index (κ1) is 19.8. The second kappa shape index (κ2) is 7.42. The Hall–Kier alpha value is -3.46. The number of halogens is 1. The van der Waals surface area contributed by atoms with E-state index in [1.807, 2.05) is 31.3 Å². The van der Waals surface area contributed by atoms with Gasteiger partial charge in [0.15, 0.2) is 15.7 Å². The summed E-state index contributed by atoms with van der Waals surface area (Å²) in [5.41, 5.74) is 9.77. The average Bonchev–Trinajstić information content (AvgIpc) is 3.16. The van der Waals surface area contributed by atoms with Crippen molar-refractivity contribution in [2.75, 3.05) is 16.8 Å². The zero-order chi connectivity index (χ0) is 21.5. The Morgan fingerprint density at radius 1 is 1.20 bits per heavy atom. The molecule has 7 nitrogen and oxygen atoms in total. The van der Waals surface area contributed by atoms with Gasteiger partial charge < -0.3 is 16.0 Å². The van der Waals surface area contributed by atoms with Gasteiger partial charge in [-0.1, -0.05) is 25.1 Å². The first-order chi connectivity index (χ1) is 14.3. The molecule has 30 heavy (non-hydrogen) atoms. The topological polar surface area (TPSA) is 114 Å². The first-order valence-electron chi connectivity index (χ1n) is 9.29. The molecular weight excluding hydrogens is 405 g/mol. The fourth-order valence-electron chi connectivity index (χ4n) is 3.27. The molecule has 0 unspecified atom stereocenters. The number of nitrogens with two attached hydrogens (primary N) is 1. The highest BCUT2D eigenvalue weighted by atomic mass is 32.2. The summed E-state index contributed by atoms with van der Waals surface area (Å²) in [6.45, 7) is 3.34. The number of hydrogen-bond donors (Lipinski definition) is 3. The molecule has 0 aliphatic rings. The number of aryl methyl sites for hydroxylation is 1. The SMILES string of the molecule is CCS(=O)(=O)c1cccc(Nc2ncc(C)c(-c3c[nH]c4c(N)cccc34)n2)c1F. The number of benzene rings is 2. The Bertz CT molecular complexity index is 1370. The van der Waals surface area contributed by atoms with Crippen LogP contribution in [0.3, 0.4) is 0 Å². The second-order valence-electron chi connectivity index (χ2n) is 6.84. The van der Waals surface area contributed by atoms with E-state index in [9.17, 15) is 12.8 Å². The van der Waals surface area contributed by atoms with Crippen LogP contribution in [0.2, 0.25) is 0 Å². The molecule has 0 fully saturated rings. The van der Waals surface area contributed by atoms with Gasteiger partial charge in [-0.2, -0.15) is 0 Å². The molecule has 2 aromatic carbocycles. The summed E-state index contributed by atoms with van der Waals surface area (Å²) in [5, 5.41) is 3.71. The van der Waals surface area contributed by atoms with E-state index in [4.69, 9.17) is 5.73 Å². The largest absolute Gasteiger partial charge is 0.397 e. The molecule has 9 heteroatoms. The van der Waals surface area contributed by atoms with E-state index in [0.29, 0.717) is 11.4 Å². The van der Waals surface area contributed by atoms with E-state index in [0.717, 1.165) is 22.0 Å². The number of nitrogens with zero attached hydrogens (tertiary/aromatic N) is 2. The summed E-state index contributed by atoms with van der Waals surface area (Å²) in [5.74, 6) is -0.897. The molecule has 154 valence electrons.